The van der Waals surface area contributed by atoms with Crippen LogP contribution >= 0.6 is 0 Å². The van der Waals surface area contributed by atoms with Gasteiger partial charge in [0.25, 0.3) is 0 Å². The fraction of sp³-hybridized carbons (Fsp3) is 0.333. The van der Waals surface area contributed by atoms with E-state index in [1.54, 1.807) is 6.07 Å². The molecule has 2 rings (SSSR count). The normalized spacial score (nSPS) is 23.9. The smallest absolute Gasteiger partial charge is 0.229 e. The van der Waals surface area contributed by atoms with E-state index in [0.29, 0.717) is 5.56 Å². The highest BCUT2D eigenvalue weighted by atomic mass is 16.2. The zero-order chi connectivity index (χ0) is 11.0. The van der Waals surface area contributed by atoms with Crippen molar-refractivity contribution in [1.29, 1.82) is 0 Å². The van der Waals surface area contributed by atoms with Gasteiger partial charge in [-0.25, -0.2) is 0 Å². The van der Waals surface area contributed by atoms with Crippen LogP contribution in [0.15, 0.2) is 24.3 Å². The predicted octanol–water partition coefficient (Wildman–Crippen LogP) is 1.48. The van der Waals surface area contributed by atoms with Crippen LogP contribution in [0, 0.1) is 5.92 Å². The Kier molecular flexibility index (Phi) is 2.31. The lowest BCUT2D eigenvalue weighted by Gasteiger charge is -2.13. The van der Waals surface area contributed by atoms with Crippen LogP contribution in [-0.4, -0.2) is 11.7 Å². The highest BCUT2D eigenvalue weighted by Gasteiger charge is 2.41. The maximum absolute atomic E-state index is 11.9. The number of rotatable bonds is 2. The summed E-state index contributed by atoms with van der Waals surface area (Å²) >= 11 is 0. The topological polar surface area (TPSA) is 60.2 Å². The van der Waals surface area contributed by atoms with Crippen LogP contribution in [0.2, 0.25) is 0 Å². The molecule has 0 aromatic heterocycles. The second-order valence-electron chi connectivity index (χ2n) is 3.85. The Hall–Kier alpha value is -1.64. The summed E-state index contributed by atoms with van der Waals surface area (Å²) in [5, 5.41) is 0. The van der Waals surface area contributed by atoms with Gasteiger partial charge in [0.1, 0.15) is 5.92 Å². The van der Waals surface area contributed by atoms with E-state index in [4.69, 9.17) is 5.73 Å². The Morgan fingerprint density at radius 3 is 2.67 bits per heavy atom. The Morgan fingerprint density at radius 1 is 1.40 bits per heavy atom. The van der Waals surface area contributed by atoms with Gasteiger partial charge in [-0.05, 0) is 12.0 Å². The third-order valence-electron chi connectivity index (χ3n) is 3.06. The van der Waals surface area contributed by atoms with Crippen molar-refractivity contribution in [2.75, 3.05) is 0 Å². The largest absolute Gasteiger partial charge is 0.369 e. The molecule has 0 bridgehead atoms. The Bertz CT molecular complexity index is 425. The average Bonchev–Trinajstić information content (AvgIpc) is 2.52. The second kappa shape index (κ2) is 3.50. The minimum absolute atomic E-state index is 0.0359. The number of benzene rings is 1. The van der Waals surface area contributed by atoms with E-state index < -0.39 is 11.8 Å². The highest BCUT2D eigenvalue weighted by molar-refractivity contribution is 6.14. The molecule has 2 N–H and O–H groups in total. The molecular weight excluding hydrogens is 190 g/mol. The van der Waals surface area contributed by atoms with E-state index in [0.717, 1.165) is 12.0 Å². The number of ketones is 1. The lowest BCUT2D eigenvalue weighted by molar-refractivity contribution is -0.120. The maximum Gasteiger partial charge on any atom is 0.229 e. The number of carbonyl (C=O) groups excluding carboxylic acids is 2. The van der Waals surface area contributed by atoms with Crippen LogP contribution in [0.5, 0.6) is 0 Å². The fourth-order valence-corrected chi connectivity index (χ4v) is 2.36. The molecule has 1 aromatic rings. The van der Waals surface area contributed by atoms with Gasteiger partial charge in [0, 0.05) is 11.5 Å². The summed E-state index contributed by atoms with van der Waals surface area (Å²) in [6.45, 7) is 1.97. The van der Waals surface area contributed by atoms with E-state index in [1.807, 2.05) is 25.1 Å². The summed E-state index contributed by atoms with van der Waals surface area (Å²) in [5.41, 5.74) is 6.90. The van der Waals surface area contributed by atoms with E-state index in [9.17, 15) is 9.59 Å². The molecule has 3 nitrogen and oxygen atoms in total. The van der Waals surface area contributed by atoms with Gasteiger partial charge in [-0.15, -0.1) is 0 Å². The molecule has 1 aliphatic rings. The number of hydrogen-bond donors (Lipinski definition) is 1. The lowest BCUT2D eigenvalue weighted by Crippen LogP contribution is -2.30. The fourth-order valence-electron chi connectivity index (χ4n) is 2.36. The van der Waals surface area contributed by atoms with Gasteiger partial charge in [-0.3, -0.25) is 9.59 Å². The molecule has 1 amide bonds. The molecule has 0 heterocycles. The molecule has 0 saturated carbocycles. The number of carbonyl (C=O) groups is 2. The average molecular weight is 203 g/mol. The minimum atomic E-state index is -0.660. The molecule has 0 spiro atoms. The minimum Gasteiger partial charge on any atom is -0.369 e. The molecule has 0 radical (unpaired) electrons. The zero-order valence-electron chi connectivity index (χ0n) is 8.57. The van der Waals surface area contributed by atoms with Crippen LogP contribution in [-0.2, 0) is 4.79 Å². The summed E-state index contributed by atoms with van der Waals surface area (Å²) < 4.78 is 0. The summed E-state index contributed by atoms with van der Waals surface area (Å²) in [6.07, 6.45) is 0.760. The van der Waals surface area contributed by atoms with Crippen LogP contribution in [0.3, 0.4) is 0 Å². The third kappa shape index (κ3) is 1.35. The van der Waals surface area contributed by atoms with Crippen molar-refractivity contribution in [3.8, 4) is 0 Å². The number of amides is 1. The van der Waals surface area contributed by atoms with Crippen molar-refractivity contribution in [3.63, 3.8) is 0 Å². The molecule has 15 heavy (non-hydrogen) atoms. The molecule has 0 aliphatic heterocycles. The number of fused-ring (bicyclic) bond motifs is 1. The molecule has 0 unspecified atom stereocenters. The van der Waals surface area contributed by atoms with Crippen LogP contribution in [0.25, 0.3) is 0 Å². The van der Waals surface area contributed by atoms with Gasteiger partial charge in [0.2, 0.25) is 5.91 Å². The Morgan fingerprint density at radius 2 is 2.07 bits per heavy atom. The second-order valence-corrected chi connectivity index (χ2v) is 3.85. The first-order valence-corrected chi connectivity index (χ1v) is 5.09. The Labute approximate surface area is 88.3 Å². The maximum atomic E-state index is 11.9. The molecular formula is C12H13NO2. The van der Waals surface area contributed by atoms with Crippen LogP contribution in [0.4, 0.5) is 0 Å². The van der Waals surface area contributed by atoms with Crippen molar-refractivity contribution in [1.82, 2.24) is 0 Å². The van der Waals surface area contributed by atoms with Crippen molar-refractivity contribution >= 4 is 11.7 Å². The third-order valence-corrected chi connectivity index (χ3v) is 3.06. The summed E-state index contributed by atoms with van der Waals surface area (Å²) in [4.78, 5) is 23.2. The summed E-state index contributed by atoms with van der Waals surface area (Å²) in [7, 11) is 0. The lowest BCUT2D eigenvalue weighted by atomic mass is 9.89. The van der Waals surface area contributed by atoms with Crippen molar-refractivity contribution in [2.24, 2.45) is 11.7 Å². The van der Waals surface area contributed by atoms with Crippen molar-refractivity contribution in [3.05, 3.63) is 35.4 Å². The predicted molar refractivity (Wildman–Crippen MR) is 56.5 cm³/mol. The molecule has 1 aliphatic carbocycles. The van der Waals surface area contributed by atoms with E-state index in [2.05, 4.69) is 0 Å². The number of primary amides is 1. The van der Waals surface area contributed by atoms with Gasteiger partial charge in [0.05, 0.1) is 0 Å². The summed E-state index contributed by atoms with van der Waals surface area (Å²) in [5.74, 6) is -1.33. The zero-order valence-corrected chi connectivity index (χ0v) is 8.57. The SMILES string of the molecule is CC[C@@H]1c2ccccc2C(=O)[C@H]1C(N)=O. The molecule has 3 heteroatoms. The number of nitrogens with two attached hydrogens (primary N) is 1. The number of Topliss-reactive ketones (excluding diaryl/α,β-unsaturated/α-hetero) is 1. The standard InChI is InChI=1S/C12H13NO2/c1-2-7-8-5-3-4-6-9(8)11(14)10(7)12(13)15/h3-7,10H,2H2,1H3,(H2,13,15)/t7-,10+/m1/s1. The molecule has 0 saturated heterocycles. The monoisotopic (exact) mass is 203 g/mol. The van der Waals surface area contributed by atoms with Crippen molar-refractivity contribution < 1.29 is 9.59 Å². The van der Waals surface area contributed by atoms with Gasteiger partial charge in [-0.2, -0.15) is 0 Å². The summed E-state index contributed by atoms with van der Waals surface area (Å²) in [6, 6.07) is 7.37. The van der Waals surface area contributed by atoms with Gasteiger partial charge < -0.3 is 5.73 Å². The quantitative estimate of drug-likeness (QED) is 0.740. The van der Waals surface area contributed by atoms with E-state index in [-0.39, 0.29) is 11.7 Å². The molecule has 0 fully saturated rings. The van der Waals surface area contributed by atoms with Gasteiger partial charge >= 0.3 is 0 Å². The van der Waals surface area contributed by atoms with Gasteiger partial charge in [0.15, 0.2) is 5.78 Å². The Balaban J connectivity index is 2.53. The van der Waals surface area contributed by atoms with E-state index in [1.165, 1.54) is 0 Å². The molecule has 1 aromatic carbocycles. The van der Waals surface area contributed by atoms with Gasteiger partial charge in [-0.1, -0.05) is 31.2 Å². The first kappa shape index (κ1) is 9.90. The van der Waals surface area contributed by atoms with Crippen LogP contribution < -0.4 is 5.73 Å². The first-order chi connectivity index (χ1) is 7.16. The number of hydrogen-bond acceptors (Lipinski definition) is 2. The van der Waals surface area contributed by atoms with Crippen molar-refractivity contribution in [2.45, 2.75) is 19.3 Å². The molecule has 78 valence electrons. The first-order valence-electron chi connectivity index (χ1n) is 5.09. The van der Waals surface area contributed by atoms with E-state index >= 15 is 0 Å². The van der Waals surface area contributed by atoms with Crippen LogP contribution in [0.1, 0.15) is 35.2 Å². The highest BCUT2D eigenvalue weighted by Crippen LogP contribution is 2.39. The molecule has 2 atom stereocenters.